The number of amides is 1. The van der Waals surface area contributed by atoms with Gasteiger partial charge in [-0.25, -0.2) is 0 Å². The molecule has 20 heavy (non-hydrogen) atoms. The van der Waals surface area contributed by atoms with Gasteiger partial charge in [0.1, 0.15) is 0 Å². The van der Waals surface area contributed by atoms with Crippen LogP contribution in [0, 0.1) is 3.57 Å². The molecule has 0 aliphatic carbocycles. The molecule has 1 heterocycles. The van der Waals surface area contributed by atoms with Crippen molar-refractivity contribution in [3.05, 3.63) is 54.2 Å². The van der Waals surface area contributed by atoms with Crippen molar-refractivity contribution in [3.63, 3.8) is 0 Å². The molecule has 1 aromatic heterocycles. The summed E-state index contributed by atoms with van der Waals surface area (Å²) in [6, 6.07) is 9.96. The van der Waals surface area contributed by atoms with E-state index >= 15 is 0 Å². The van der Waals surface area contributed by atoms with Crippen LogP contribution >= 0.6 is 49.9 Å². The summed E-state index contributed by atoms with van der Waals surface area (Å²) in [6.45, 7) is 2.13. The fourth-order valence-corrected chi connectivity index (χ4v) is 3.73. The number of rotatable bonds is 5. The highest BCUT2D eigenvalue weighted by molar-refractivity contribution is 14.1. The van der Waals surface area contributed by atoms with Gasteiger partial charge in [-0.15, -0.1) is 11.3 Å². The Morgan fingerprint density at radius 2 is 2.25 bits per heavy atom. The summed E-state index contributed by atoms with van der Waals surface area (Å²) in [5.41, 5.74) is 0.720. The Morgan fingerprint density at radius 1 is 1.45 bits per heavy atom. The lowest BCUT2D eigenvalue weighted by molar-refractivity contribution is 0.0934. The van der Waals surface area contributed by atoms with E-state index < -0.39 is 0 Å². The number of carbonyl (C=O) groups is 1. The highest BCUT2D eigenvalue weighted by Crippen LogP contribution is 2.25. The average molecular weight is 464 g/mol. The molecule has 2 rings (SSSR count). The van der Waals surface area contributed by atoms with Crippen molar-refractivity contribution in [3.8, 4) is 0 Å². The van der Waals surface area contributed by atoms with E-state index in [1.165, 1.54) is 4.88 Å². The molecule has 106 valence electrons. The van der Waals surface area contributed by atoms with Gasteiger partial charge in [-0.3, -0.25) is 4.79 Å². The van der Waals surface area contributed by atoms with Gasteiger partial charge < -0.3 is 5.32 Å². The average Bonchev–Trinajstić information content (AvgIpc) is 2.95. The van der Waals surface area contributed by atoms with Gasteiger partial charge in [0, 0.05) is 12.9 Å². The zero-order valence-corrected chi connectivity index (χ0v) is 15.6. The fourth-order valence-electron chi connectivity index (χ4n) is 1.97. The zero-order valence-electron chi connectivity index (χ0n) is 11.0. The summed E-state index contributed by atoms with van der Waals surface area (Å²) in [4.78, 5) is 13.7. The Kier molecular flexibility index (Phi) is 6.04. The molecule has 0 bridgehead atoms. The van der Waals surface area contributed by atoms with Crippen LogP contribution in [0.15, 0.2) is 40.2 Å². The number of nitrogens with one attached hydrogen (secondary N) is 1. The Labute approximate surface area is 145 Å². The van der Waals surface area contributed by atoms with Crippen LogP contribution < -0.4 is 5.32 Å². The van der Waals surface area contributed by atoms with Gasteiger partial charge in [-0.2, -0.15) is 0 Å². The maximum Gasteiger partial charge on any atom is 0.252 e. The minimum absolute atomic E-state index is 0.0115. The van der Waals surface area contributed by atoms with Crippen LogP contribution in [0.5, 0.6) is 0 Å². The van der Waals surface area contributed by atoms with Crippen LogP contribution in [0.25, 0.3) is 0 Å². The van der Waals surface area contributed by atoms with Crippen molar-refractivity contribution < 1.29 is 4.79 Å². The third kappa shape index (κ3) is 4.05. The summed E-state index contributed by atoms with van der Waals surface area (Å²) in [5, 5.41) is 5.20. The highest BCUT2D eigenvalue weighted by Gasteiger charge is 2.17. The third-order valence-corrected chi connectivity index (χ3v) is 5.36. The summed E-state index contributed by atoms with van der Waals surface area (Å²) < 4.78 is 1.89. The largest absolute Gasteiger partial charge is 0.344 e. The van der Waals surface area contributed by atoms with E-state index in [-0.39, 0.29) is 11.9 Å². The first kappa shape index (κ1) is 16.0. The normalized spacial score (nSPS) is 12.2. The smallest absolute Gasteiger partial charge is 0.252 e. The Morgan fingerprint density at radius 3 is 2.90 bits per heavy atom. The molecular weight excluding hydrogens is 449 g/mol. The van der Waals surface area contributed by atoms with Crippen LogP contribution in [0.3, 0.4) is 0 Å². The van der Waals surface area contributed by atoms with Crippen molar-refractivity contribution >= 4 is 55.8 Å². The molecule has 0 saturated carbocycles. The van der Waals surface area contributed by atoms with Gasteiger partial charge >= 0.3 is 0 Å². The standard InChI is InChI=1S/C15H15BrINOS/c1-2-4-13(14-5-3-8-20-14)18-15(19)11-9-10(16)6-7-12(11)17/h3,5-9,13H,2,4H2,1H3,(H,18,19). The molecule has 2 aromatic rings. The van der Waals surface area contributed by atoms with Crippen LogP contribution in [-0.4, -0.2) is 5.91 Å². The lowest BCUT2D eigenvalue weighted by atomic mass is 10.1. The van der Waals surface area contributed by atoms with E-state index in [2.05, 4.69) is 56.8 Å². The van der Waals surface area contributed by atoms with Crippen LogP contribution in [-0.2, 0) is 0 Å². The maximum absolute atomic E-state index is 12.5. The molecular formula is C15H15BrINOS. The Bertz CT molecular complexity index is 586. The molecule has 0 spiro atoms. The van der Waals surface area contributed by atoms with Crippen molar-refractivity contribution in [1.29, 1.82) is 0 Å². The summed E-state index contributed by atoms with van der Waals surface area (Å²) in [7, 11) is 0. The van der Waals surface area contributed by atoms with E-state index in [1.54, 1.807) is 11.3 Å². The number of benzene rings is 1. The number of halogens is 2. The maximum atomic E-state index is 12.5. The SMILES string of the molecule is CCCC(NC(=O)c1cc(Br)ccc1I)c1cccs1. The lowest BCUT2D eigenvalue weighted by Crippen LogP contribution is -2.28. The molecule has 0 fully saturated rings. The Balaban J connectivity index is 2.18. The molecule has 2 nitrogen and oxygen atoms in total. The minimum Gasteiger partial charge on any atom is -0.344 e. The van der Waals surface area contributed by atoms with Crippen molar-refractivity contribution in [2.24, 2.45) is 0 Å². The van der Waals surface area contributed by atoms with Gasteiger partial charge in [0.2, 0.25) is 0 Å². The molecule has 1 atom stereocenters. The van der Waals surface area contributed by atoms with E-state index in [0.29, 0.717) is 0 Å². The first-order valence-corrected chi connectivity index (χ1v) is 9.16. The lowest BCUT2D eigenvalue weighted by Gasteiger charge is -2.17. The summed E-state index contributed by atoms with van der Waals surface area (Å²) in [5.74, 6) is -0.0115. The molecule has 1 N–H and O–H groups in total. The quantitative estimate of drug-likeness (QED) is 0.592. The Hall–Kier alpha value is -0.400. The van der Waals surface area contributed by atoms with Crippen LogP contribution in [0.4, 0.5) is 0 Å². The second-order valence-electron chi connectivity index (χ2n) is 4.45. The predicted molar refractivity (Wildman–Crippen MR) is 96.3 cm³/mol. The number of hydrogen-bond acceptors (Lipinski definition) is 2. The van der Waals surface area contributed by atoms with E-state index in [1.807, 2.05) is 29.6 Å². The molecule has 1 unspecified atom stereocenters. The number of carbonyl (C=O) groups excluding carboxylic acids is 1. The number of thiophene rings is 1. The fraction of sp³-hybridized carbons (Fsp3) is 0.267. The molecule has 1 aromatic carbocycles. The molecule has 0 aliphatic rings. The molecule has 0 radical (unpaired) electrons. The molecule has 1 amide bonds. The minimum atomic E-state index is -0.0115. The topological polar surface area (TPSA) is 29.1 Å². The molecule has 0 aliphatic heterocycles. The second-order valence-corrected chi connectivity index (χ2v) is 7.51. The number of hydrogen-bond donors (Lipinski definition) is 1. The molecule has 0 saturated heterocycles. The highest BCUT2D eigenvalue weighted by atomic mass is 127. The van der Waals surface area contributed by atoms with Gasteiger partial charge in [-0.05, 0) is 58.7 Å². The zero-order chi connectivity index (χ0) is 14.5. The third-order valence-electron chi connectivity index (χ3n) is 2.94. The van der Waals surface area contributed by atoms with E-state index in [9.17, 15) is 4.79 Å². The summed E-state index contributed by atoms with van der Waals surface area (Å²) in [6.07, 6.45) is 2.00. The monoisotopic (exact) mass is 463 g/mol. The van der Waals surface area contributed by atoms with E-state index in [4.69, 9.17) is 0 Å². The van der Waals surface area contributed by atoms with Crippen LogP contribution in [0.1, 0.15) is 41.0 Å². The van der Waals surface area contributed by atoms with Gasteiger partial charge in [0.25, 0.3) is 5.91 Å². The first-order valence-electron chi connectivity index (χ1n) is 6.41. The summed E-state index contributed by atoms with van der Waals surface area (Å²) >= 11 is 7.30. The molecule has 5 heteroatoms. The van der Waals surface area contributed by atoms with Crippen LogP contribution in [0.2, 0.25) is 0 Å². The van der Waals surface area contributed by atoms with Gasteiger partial charge in [0.05, 0.1) is 11.6 Å². The van der Waals surface area contributed by atoms with Gasteiger partial charge in [0.15, 0.2) is 0 Å². The first-order chi connectivity index (χ1) is 9.61. The van der Waals surface area contributed by atoms with Crippen molar-refractivity contribution in [2.45, 2.75) is 25.8 Å². The second kappa shape index (κ2) is 7.56. The van der Waals surface area contributed by atoms with Crippen molar-refractivity contribution in [1.82, 2.24) is 5.32 Å². The van der Waals surface area contributed by atoms with Crippen molar-refractivity contribution in [2.75, 3.05) is 0 Å². The predicted octanol–water partition coefficient (Wildman–Crippen LogP) is 5.39. The van der Waals surface area contributed by atoms with Gasteiger partial charge in [-0.1, -0.05) is 35.3 Å². The van der Waals surface area contributed by atoms with E-state index in [0.717, 1.165) is 26.4 Å².